The highest BCUT2D eigenvalue weighted by Crippen LogP contribution is 2.29. The molecule has 11 nitrogen and oxygen atoms in total. The van der Waals surface area contributed by atoms with Gasteiger partial charge in [-0.1, -0.05) is 0 Å². The van der Waals surface area contributed by atoms with E-state index in [0.717, 1.165) is 0 Å². The van der Waals surface area contributed by atoms with Gasteiger partial charge in [0.15, 0.2) is 12.2 Å². The molecule has 1 aliphatic rings. The van der Waals surface area contributed by atoms with Crippen molar-refractivity contribution in [2.45, 2.75) is 42.9 Å². The zero-order valence-electron chi connectivity index (χ0n) is 10.6. The summed E-state index contributed by atoms with van der Waals surface area (Å²) in [6.07, 6.45) is -10.8. The molecule has 11 heteroatoms. The molecule has 0 aliphatic carbocycles. The van der Waals surface area contributed by atoms with Crippen molar-refractivity contribution in [1.29, 1.82) is 0 Å². The van der Waals surface area contributed by atoms with Crippen molar-refractivity contribution >= 4 is 11.9 Å². The number of hydrogen-bond donors (Lipinski definition) is 7. The number of rotatable bonds is 5. The summed E-state index contributed by atoms with van der Waals surface area (Å²) in [4.78, 5) is 21.7. The fourth-order valence-corrected chi connectivity index (χ4v) is 1.66. The summed E-state index contributed by atoms with van der Waals surface area (Å²) >= 11 is 0. The molecule has 1 fully saturated rings. The Morgan fingerprint density at radius 3 is 2.29 bits per heavy atom. The summed E-state index contributed by atoms with van der Waals surface area (Å²) in [6.45, 7) is -0.872. The third-order valence-corrected chi connectivity index (χ3v) is 2.83. The van der Waals surface area contributed by atoms with Gasteiger partial charge in [0.05, 0.1) is 13.0 Å². The molecule has 0 spiro atoms. The number of hydrogen-bond acceptors (Lipinski definition) is 10. The fourth-order valence-electron chi connectivity index (χ4n) is 1.66. The number of carboxylic acid groups (broad SMARTS) is 1. The number of aliphatic carboxylic acids is 1. The summed E-state index contributed by atoms with van der Waals surface area (Å²) < 4.78 is 8.91. The number of ether oxygens (including phenoxy) is 2. The predicted molar refractivity (Wildman–Crippen MR) is 59.3 cm³/mol. The van der Waals surface area contributed by atoms with E-state index in [1.165, 1.54) is 0 Å². The number of aliphatic hydroxyl groups excluding tert-OH is 5. The molecule has 0 saturated carbocycles. The molecule has 122 valence electrons. The SMILES string of the molecule is O=C(CC(O)C(=O)O)OC1(O)O[C@H](CO)[C@@H](O)[C@H](O)[C@H]1O. The van der Waals surface area contributed by atoms with Gasteiger partial charge < -0.3 is 45.2 Å². The van der Waals surface area contributed by atoms with Crippen LogP contribution in [0.5, 0.6) is 0 Å². The maximum atomic E-state index is 11.4. The van der Waals surface area contributed by atoms with Crippen LogP contribution >= 0.6 is 0 Å². The molecule has 1 heterocycles. The second kappa shape index (κ2) is 6.62. The van der Waals surface area contributed by atoms with Gasteiger partial charge in [0.25, 0.3) is 0 Å². The molecule has 0 aromatic heterocycles. The van der Waals surface area contributed by atoms with Crippen LogP contribution in [0.1, 0.15) is 6.42 Å². The van der Waals surface area contributed by atoms with Crippen molar-refractivity contribution in [3.8, 4) is 0 Å². The lowest BCUT2D eigenvalue weighted by Gasteiger charge is -2.43. The van der Waals surface area contributed by atoms with Crippen LogP contribution in [0.4, 0.5) is 0 Å². The number of aliphatic hydroxyl groups is 6. The maximum absolute atomic E-state index is 11.4. The Bertz CT molecular complexity index is 396. The maximum Gasteiger partial charge on any atom is 0.357 e. The highest BCUT2D eigenvalue weighted by atomic mass is 16.8. The van der Waals surface area contributed by atoms with Crippen molar-refractivity contribution in [2.75, 3.05) is 6.61 Å². The topological polar surface area (TPSA) is 194 Å². The first kappa shape index (κ1) is 17.7. The molecule has 1 aliphatic heterocycles. The monoisotopic (exact) mass is 312 g/mol. The average Bonchev–Trinajstić information content (AvgIpc) is 2.40. The Hall–Kier alpha value is -1.34. The molecule has 1 saturated heterocycles. The second-order valence-electron chi connectivity index (χ2n) is 4.43. The molecule has 2 unspecified atom stereocenters. The van der Waals surface area contributed by atoms with Crippen LogP contribution in [-0.4, -0.2) is 90.8 Å². The zero-order valence-corrected chi connectivity index (χ0v) is 10.6. The molecule has 6 atom stereocenters. The van der Waals surface area contributed by atoms with E-state index < -0.39 is 61.5 Å². The van der Waals surface area contributed by atoms with Crippen molar-refractivity contribution in [1.82, 2.24) is 0 Å². The number of carboxylic acids is 1. The Morgan fingerprint density at radius 1 is 1.24 bits per heavy atom. The van der Waals surface area contributed by atoms with Crippen LogP contribution in [0.2, 0.25) is 0 Å². The third kappa shape index (κ3) is 3.85. The van der Waals surface area contributed by atoms with E-state index >= 15 is 0 Å². The molecule has 0 aromatic carbocycles. The molecule has 21 heavy (non-hydrogen) atoms. The van der Waals surface area contributed by atoms with E-state index in [1.807, 2.05) is 0 Å². The molecular formula is C10H16O11. The van der Waals surface area contributed by atoms with Gasteiger partial charge in [-0.15, -0.1) is 0 Å². The van der Waals surface area contributed by atoms with Gasteiger partial charge in [-0.25, -0.2) is 4.79 Å². The minimum atomic E-state index is -3.11. The molecule has 1 rings (SSSR count). The smallest absolute Gasteiger partial charge is 0.357 e. The lowest BCUT2D eigenvalue weighted by Crippen LogP contribution is -2.66. The Kier molecular flexibility index (Phi) is 5.58. The van der Waals surface area contributed by atoms with Gasteiger partial charge in [-0.2, -0.15) is 0 Å². The highest BCUT2D eigenvalue weighted by Gasteiger charge is 2.55. The van der Waals surface area contributed by atoms with Crippen LogP contribution in [0, 0.1) is 0 Å². The molecule has 0 bridgehead atoms. The molecular weight excluding hydrogens is 296 g/mol. The highest BCUT2D eigenvalue weighted by molar-refractivity contribution is 5.80. The lowest BCUT2D eigenvalue weighted by molar-refractivity contribution is -0.434. The van der Waals surface area contributed by atoms with Crippen LogP contribution in [0.25, 0.3) is 0 Å². The summed E-state index contributed by atoms with van der Waals surface area (Å²) in [5, 5.41) is 64.5. The Balaban J connectivity index is 2.79. The second-order valence-corrected chi connectivity index (χ2v) is 4.43. The van der Waals surface area contributed by atoms with Gasteiger partial charge in [-0.05, 0) is 0 Å². The van der Waals surface area contributed by atoms with Gasteiger partial charge in [-0.3, -0.25) is 4.79 Å². The lowest BCUT2D eigenvalue weighted by atomic mass is 9.98. The summed E-state index contributed by atoms with van der Waals surface area (Å²) in [5.41, 5.74) is 0. The third-order valence-electron chi connectivity index (χ3n) is 2.83. The van der Waals surface area contributed by atoms with Crippen molar-refractivity contribution in [3.63, 3.8) is 0 Å². The summed E-state index contributed by atoms with van der Waals surface area (Å²) in [7, 11) is 0. The van der Waals surface area contributed by atoms with E-state index in [-0.39, 0.29) is 0 Å². The van der Waals surface area contributed by atoms with Gasteiger partial charge >= 0.3 is 17.9 Å². The minimum Gasteiger partial charge on any atom is -0.479 e. The number of carbonyl (C=O) groups excluding carboxylic acids is 1. The van der Waals surface area contributed by atoms with Crippen molar-refractivity contribution < 1.29 is 54.8 Å². The van der Waals surface area contributed by atoms with Gasteiger partial charge in [0, 0.05) is 0 Å². The predicted octanol–water partition coefficient (Wildman–Crippen LogP) is -4.51. The zero-order chi connectivity index (χ0) is 16.4. The fraction of sp³-hybridized carbons (Fsp3) is 0.800. The normalized spacial score (nSPS) is 37.8. The number of esters is 1. The molecule has 0 radical (unpaired) electrons. The van der Waals surface area contributed by atoms with Crippen molar-refractivity contribution in [2.24, 2.45) is 0 Å². The van der Waals surface area contributed by atoms with Crippen molar-refractivity contribution in [3.05, 3.63) is 0 Å². The standard InChI is InChI=1S/C10H16O11/c11-2-4-6(14)7(15)8(16)10(19,20-4)21-5(13)1-3(12)9(17)18/h3-4,6-8,11-12,14-16,19H,1-2H2,(H,17,18)/t3?,4-,6-,7+,8-,10?/m1/s1. The Labute approximate surface area is 117 Å². The van der Waals surface area contributed by atoms with E-state index in [1.54, 1.807) is 0 Å². The van der Waals surface area contributed by atoms with Crippen LogP contribution in [0.15, 0.2) is 0 Å². The average molecular weight is 312 g/mol. The quantitative estimate of drug-likeness (QED) is 0.191. The summed E-state index contributed by atoms with van der Waals surface area (Å²) in [5.74, 6) is -6.28. The van der Waals surface area contributed by atoms with Crippen LogP contribution in [0.3, 0.4) is 0 Å². The van der Waals surface area contributed by atoms with Crippen LogP contribution < -0.4 is 0 Å². The molecule has 0 aromatic rings. The Morgan fingerprint density at radius 2 is 1.81 bits per heavy atom. The largest absolute Gasteiger partial charge is 0.479 e. The van der Waals surface area contributed by atoms with E-state index in [0.29, 0.717) is 0 Å². The van der Waals surface area contributed by atoms with E-state index in [4.69, 9.17) is 15.3 Å². The number of carbonyl (C=O) groups is 2. The minimum absolute atomic E-state index is 0.872. The van der Waals surface area contributed by atoms with Crippen LogP contribution in [-0.2, 0) is 19.1 Å². The molecule has 0 amide bonds. The molecule has 7 N–H and O–H groups in total. The summed E-state index contributed by atoms with van der Waals surface area (Å²) in [6, 6.07) is 0. The first-order valence-electron chi connectivity index (χ1n) is 5.80. The van der Waals surface area contributed by atoms with Gasteiger partial charge in [0.2, 0.25) is 0 Å². The van der Waals surface area contributed by atoms with E-state index in [2.05, 4.69) is 9.47 Å². The van der Waals surface area contributed by atoms with E-state index in [9.17, 15) is 30.0 Å². The van der Waals surface area contributed by atoms with Gasteiger partial charge in [0.1, 0.15) is 18.3 Å². The first-order chi connectivity index (χ1) is 9.62. The first-order valence-corrected chi connectivity index (χ1v) is 5.80.